The number of carbonyl (C=O) groups is 2. The highest BCUT2D eigenvalue weighted by molar-refractivity contribution is 6.19. The highest BCUT2D eigenvalue weighted by atomic mass is 35.5. The van der Waals surface area contributed by atoms with Gasteiger partial charge in [-0.25, -0.2) is 0 Å². The maximum atomic E-state index is 11.0. The fourth-order valence-corrected chi connectivity index (χ4v) is 0.693. The summed E-state index contributed by atoms with van der Waals surface area (Å²) in [6.45, 7) is 2.00. The van der Waals surface area contributed by atoms with Crippen molar-refractivity contribution in [1.82, 2.24) is 5.32 Å². The molecule has 12 heavy (non-hydrogen) atoms. The van der Waals surface area contributed by atoms with E-state index < -0.39 is 5.91 Å². The van der Waals surface area contributed by atoms with Gasteiger partial charge in [-0.15, -0.1) is 11.6 Å². The molecule has 2 amide bonds. The van der Waals surface area contributed by atoms with Crippen molar-refractivity contribution >= 4 is 23.4 Å². The van der Waals surface area contributed by atoms with E-state index in [1.54, 1.807) is 6.92 Å². The lowest BCUT2D eigenvalue weighted by molar-refractivity contribution is -0.124. The number of hydrogen-bond acceptors (Lipinski definition) is 2. The third-order valence-electron chi connectivity index (χ3n) is 1.35. The number of amides is 2. The van der Waals surface area contributed by atoms with E-state index in [1.165, 1.54) is 0 Å². The molecule has 0 heterocycles. The average molecular weight is 193 g/mol. The molecule has 70 valence electrons. The molecule has 0 radical (unpaired) electrons. The largest absolute Gasteiger partial charge is 0.370 e. The quantitative estimate of drug-likeness (QED) is 0.595. The van der Waals surface area contributed by atoms with E-state index in [4.69, 9.17) is 17.3 Å². The number of alkyl halides is 1. The van der Waals surface area contributed by atoms with Gasteiger partial charge in [0.15, 0.2) is 0 Å². The van der Waals surface area contributed by atoms with Crippen molar-refractivity contribution in [2.75, 3.05) is 12.4 Å². The molecule has 0 bridgehead atoms. The minimum Gasteiger partial charge on any atom is -0.370 e. The minimum atomic E-state index is -0.422. The first kappa shape index (κ1) is 11.2. The van der Waals surface area contributed by atoms with E-state index in [0.717, 1.165) is 0 Å². The Balaban J connectivity index is 3.50. The summed E-state index contributed by atoms with van der Waals surface area (Å²) in [7, 11) is 0. The Morgan fingerprint density at radius 2 is 2.17 bits per heavy atom. The van der Waals surface area contributed by atoms with Crippen LogP contribution in [0.1, 0.15) is 13.3 Å². The lowest BCUT2D eigenvalue weighted by Crippen LogP contribution is -2.32. The molecular weight excluding hydrogens is 180 g/mol. The summed E-state index contributed by atoms with van der Waals surface area (Å²) in [6.07, 6.45) is 0.167. The zero-order valence-corrected chi connectivity index (χ0v) is 7.73. The maximum absolute atomic E-state index is 11.0. The first-order chi connectivity index (χ1) is 5.57. The molecule has 0 aliphatic heterocycles. The van der Waals surface area contributed by atoms with Gasteiger partial charge in [-0.05, 0) is 0 Å². The molecule has 0 aliphatic rings. The number of carbonyl (C=O) groups excluding carboxylic acids is 2. The Hall–Kier alpha value is -0.770. The van der Waals surface area contributed by atoms with E-state index in [9.17, 15) is 9.59 Å². The SMILES string of the molecule is CC(CCl)C(=O)NCCC(N)=O. The topological polar surface area (TPSA) is 72.2 Å². The molecule has 1 atom stereocenters. The smallest absolute Gasteiger partial charge is 0.224 e. The molecule has 0 saturated heterocycles. The fourth-order valence-electron chi connectivity index (χ4n) is 0.553. The van der Waals surface area contributed by atoms with Gasteiger partial charge in [0, 0.05) is 24.8 Å². The number of nitrogens with one attached hydrogen (secondary N) is 1. The highest BCUT2D eigenvalue weighted by Crippen LogP contribution is 1.96. The summed E-state index contributed by atoms with van der Waals surface area (Å²) in [5, 5.41) is 2.54. The second kappa shape index (κ2) is 5.83. The van der Waals surface area contributed by atoms with Crippen molar-refractivity contribution in [3.63, 3.8) is 0 Å². The maximum Gasteiger partial charge on any atom is 0.224 e. The van der Waals surface area contributed by atoms with Crippen LogP contribution in [-0.4, -0.2) is 24.2 Å². The van der Waals surface area contributed by atoms with Gasteiger partial charge in [0.05, 0.1) is 0 Å². The molecule has 0 aromatic heterocycles. The number of halogens is 1. The third kappa shape index (κ3) is 4.96. The molecule has 3 N–H and O–H groups in total. The van der Waals surface area contributed by atoms with E-state index in [-0.39, 0.29) is 30.7 Å². The Morgan fingerprint density at radius 1 is 1.58 bits per heavy atom. The molecule has 1 unspecified atom stereocenters. The lowest BCUT2D eigenvalue weighted by atomic mass is 10.2. The van der Waals surface area contributed by atoms with Crippen LogP contribution in [-0.2, 0) is 9.59 Å². The van der Waals surface area contributed by atoms with E-state index >= 15 is 0 Å². The van der Waals surface area contributed by atoms with Crippen molar-refractivity contribution in [2.24, 2.45) is 11.7 Å². The fraction of sp³-hybridized carbons (Fsp3) is 0.714. The third-order valence-corrected chi connectivity index (χ3v) is 1.81. The van der Waals surface area contributed by atoms with Crippen LogP contribution in [0.4, 0.5) is 0 Å². The molecular formula is C7H13ClN2O2. The van der Waals surface area contributed by atoms with Crippen LogP contribution >= 0.6 is 11.6 Å². The number of nitrogens with two attached hydrogens (primary N) is 1. The molecule has 0 saturated carbocycles. The van der Waals surface area contributed by atoms with Gasteiger partial charge in [0.1, 0.15) is 0 Å². The lowest BCUT2D eigenvalue weighted by Gasteiger charge is -2.07. The van der Waals surface area contributed by atoms with Crippen LogP contribution in [0.3, 0.4) is 0 Å². The molecule has 0 rings (SSSR count). The van der Waals surface area contributed by atoms with Gasteiger partial charge in [0.2, 0.25) is 11.8 Å². The van der Waals surface area contributed by atoms with Crippen LogP contribution in [0.2, 0.25) is 0 Å². The van der Waals surface area contributed by atoms with Crippen molar-refractivity contribution in [3.05, 3.63) is 0 Å². The molecule has 4 nitrogen and oxygen atoms in total. The molecule has 0 aliphatic carbocycles. The first-order valence-electron chi connectivity index (χ1n) is 3.70. The van der Waals surface area contributed by atoms with Crippen LogP contribution < -0.4 is 11.1 Å². The molecule has 5 heteroatoms. The molecule has 0 aromatic carbocycles. The molecule has 0 fully saturated rings. The van der Waals surface area contributed by atoms with Gasteiger partial charge < -0.3 is 11.1 Å². The van der Waals surface area contributed by atoms with E-state index in [1.807, 2.05) is 0 Å². The zero-order chi connectivity index (χ0) is 9.56. The molecule has 0 spiro atoms. The van der Waals surface area contributed by atoms with E-state index in [0.29, 0.717) is 0 Å². The summed E-state index contributed by atoms with van der Waals surface area (Å²) in [6, 6.07) is 0. The Morgan fingerprint density at radius 3 is 2.58 bits per heavy atom. The molecule has 0 aromatic rings. The predicted octanol–water partition coefficient (Wildman–Crippen LogP) is -0.147. The van der Waals surface area contributed by atoms with Crippen LogP contribution in [0.25, 0.3) is 0 Å². The van der Waals surface area contributed by atoms with Crippen molar-refractivity contribution in [3.8, 4) is 0 Å². The summed E-state index contributed by atoms with van der Waals surface area (Å²) in [5.74, 6) is -0.512. The Labute approximate surface area is 76.4 Å². The monoisotopic (exact) mass is 192 g/mol. The number of hydrogen-bond donors (Lipinski definition) is 2. The van der Waals surface area contributed by atoms with Gasteiger partial charge in [0.25, 0.3) is 0 Å². The van der Waals surface area contributed by atoms with Crippen LogP contribution in [0.15, 0.2) is 0 Å². The Bertz CT molecular complexity index is 173. The van der Waals surface area contributed by atoms with Crippen molar-refractivity contribution in [2.45, 2.75) is 13.3 Å². The van der Waals surface area contributed by atoms with Gasteiger partial charge in [-0.2, -0.15) is 0 Å². The summed E-state index contributed by atoms with van der Waals surface area (Å²) in [4.78, 5) is 21.3. The highest BCUT2D eigenvalue weighted by Gasteiger charge is 2.10. The summed E-state index contributed by atoms with van der Waals surface area (Å²) in [5.41, 5.74) is 4.87. The van der Waals surface area contributed by atoms with Gasteiger partial charge in [-0.3, -0.25) is 9.59 Å². The van der Waals surface area contributed by atoms with Crippen LogP contribution in [0, 0.1) is 5.92 Å². The standard InChI is InChI=1S/C7H13ClN2O2/c1-5(4-8)7(12)10-3-2-6(9)11/h5H,2-4H2,1H3,(H2,9,11)(H,10,12). The Kier molecular flexibility index (Phi) is 5.45. The van der Waals surface area contributed by atoms with Crippen molar-refractivity contribution in [1.29, 1.82) is 0 Å². The summed E-state index contributed by atoms with van der Waals surface area (Å²) < 4.78 is 0. The van der Waals surface area contributed by atoms with Gasteiger partial charge in [-0.1, -0.05) is 6.92 Å². The normalized spacial score (nSPS) is 12.2. The summed E-state index contributed by atoms with van der Waals surface area (Å²) >= 11 is 5.44. The number of primary amides is 1. The second-order valence-corrected chi connectivity index (χ2v) is 2.87. The van der Waals surface area contributed by atoms with Crippen LogP contribution in [0.5, 0.6) is 0 Å². The van der Waals surface area contributed by atoms with Crippen molar-refractivity contribution < 1.29 is 9.59 Å². The van der Waals surface area contributed by atoms with E-state index in [2.05, 4.69) is 5.32 Å². The predicted molar refractivity (Wildman–Crippen MR) is 46.7 cm³/mol. The number of rotatable bonds is 5. The minimum absolute atomic E-state index is 0.147. The zero-order valence-electron chi connectivity index (χ0n) is 6.97. The average Bonchev–Trinajstić information content (AvgIpc) is 2.02. The first-order valence-corrected chi connectivity index (χ1v) is 4.23. The van der Waals surface area contributed by atoms with Gasteiger partial charge >= 0.3 is 0 Å². The second-order valence-electron chi connectivity index (χ2n) is 2.56.